The van der Waals surface area contributed by atoms with Gasteiger partial charge in [0.1, 0.15) is 0 Å². The Balaban J connectivity index is 2.21. The van der Waals surface area contributed by atoms with Crippen LogP contribution >= 0.6 is 0 Å². The van der Waals surface area contributed by atoms with Gasteiger partial charge in [-0.25, -0.2) is 4.79 Å². The Labute approximate surface area is 167 Å². The van der Waals surface area contributed by atoms with Crippen molar-refractivity contribution in [2.24, 2.45) is 0 Å². The molecular weight excluding hydrogens is 374 g/mol. The second-order valence-electron chi connectivity index (χ2n) is 8.90. The number of nitrogen functional groups attached to an aromatic ring is 4. The van der Waals surface area contributed by atoms with Gasteiger partial charge in [0, 0.05) is 10.8 Å². The zero-order valence-corrected chi connectivity index (χ0v) is 17.4. The van der Waals surface area contributed by atoms with Gasteiger partial charge in [-0.2, -0.15) is 29.5 Å². The molecule has 3 rings (SSSR count). The van der Waals surface area contributed by atoms with Crippen molar-refractivity contribution in [1.29, 1.82) is 0 Å². The summed E-state index contributed by atoms with van der Waals surface area (Å²) in [7, 11) is 0. The number of hydrogen-bond acceptors (Lipinski definition) is 9. The lowest BCUT2D eigenvalue weighted by molar-refractivity contribution is 0.556. The van der Waals surface area contributed by atoms with Crippen LogP contribution in [0.15, 0.2) is 4.79 Å². The summed E-state index contributed by atoms with van der Waals surface area (Å²) in [6.07, 6.45) is 0. The fraction of sp³-hybridized carbons (Fsp3) is 0.471. The minimum absolute atomic E-state index is 0.0329. The lowest BCUT2D eigenvalue weighted by Gasteiger charge is -2.15. The van der Waals surface area contributed by atoms with Gasteiger partial charge in [0.05, 0.1) is 22.8 Å². The fourth-order valence-electron chi connectivity index (χ4n) is 2.87. The highest BCUT2D eigenvalue weighted by molar-refractivity contribution is 5.66. The SMILES string of the molecule is CC(C)(C)c1nn(-c2nc(-n3nc(C(C)(C)C)c(N)c3N)[nH]c(=O)n2)c(N)c1N. The molecule has 3 heterocycles. The molecular formula is C17H27N11O. The standard InChI is InChI=1S/C17H27N11O/c1-16(2,3)9-7(18)11(20)27(25-9)13-22-14(24-15(29)23-13)28-12(21)8(19)10(26-28)17(4,5)6/h18-21H2,1-6H3,(H,22,23,24,29). The molecule has 0 radical (unpaired) electrons. The minimum Gasteiger partial charge on any atom is -0.394 e. The quantitative estimate of drug-likeness (QED) is 0.404. The molecule has 0 bridgehead atoms. The number of rotatable bonds is 2. The van der Waals surface area contributed by atoms with Gasteiger partial charge in [0.15, 0.2) is 11.6 Å². The number of aromatic nitrogens is 7. The van der Waals surface area contributed by atoms with E-state index in [2.05, 4.69) is 25.1 Å². The van der Waals surface area contributed by atoms with E-state index in [4.69, 9.17) is 22.9 Å². The lowest BCUT2D eigenvalue weighted by atomic mass is 9.91. The van der Waals surface area contributed by atoms with Crippen LogP contribution in [0.4, 0.5) is 23.0 Å². The third kappa shape index (κ3) is 3.37. The highest BCUT2D eigenvalue weighted by Crippen LogP contribution is 2.33. The topological polar surface area (TPSA) is 198 Å². The van der Waals surface area contributed by atoms with Crippen LogP contribution in [0.2, 0.25) is 0 Å². The Morgan fingerprint density at radius 3 is 1.66 bits per heavy atom. The molecule has 0 aliphatic rings. The maximum atomic E-state index is 12.2. The number of hydrogen-bond donors (Lipinski definition) is 5. The number of nitrogens with one attached hydrogen (secondary N) is 1. The van der Waals surface area contributed by atoms with Gasteiger partial charge in [-0.05, 0) is 0 Å². The molecule has 0 aliphatic heterocycles. The molecule has 12 heteroatoms. The molecule has 3 aromatic heterocycles. The van der Waals surface area contributed by atoms with Crippen molar-refractivity contribution in [1.82, 2.24) is 34.5 Å². The van der Waals surface area contributed by atoms with Gasteiger partial charge >= 0.3 is 5.69 Å². The Kier molecular flexibility index (Phi) is 4.33. The second kappa shape index (κ2) is 6.22. The summed E-state index contributed by atoms with van der Waals surface area (Å²) >= 11 is 0. The van der Waals surface area contributed by atoms with Crippen LogP contribution < -0.4 is 28.6 Å². The number of nitrogens with zero attached hydrogens (tertiary/aromatic N) is 6. The van der Waals surface area contributed by atoms with E-state index in [1.54, 1.807) is 0 Å². The molecule has 9 N–H and O–H groups in total. The molecule has 0 atom stereocenters. The molecule has 0 saturated carbocycles. The van der Waals surface area contributed by atoms with E-state index in [9.17, 15) is 4.79 Å². The van der Waals surface area contributed by atoms with Crippen molar-refractivity contribution in [2.45, 2.75) is 52.4 Å². The van der Waals surface area contributed by atoms with E-state index < -0.39 is 5.69 Å². The molecule has 3 aromatic rings. The van der Waals surface area contributed by atoms with E-state index in [1.807, 2.05) is 41.5 Å². The third-order valence-corrected chi connectivity index (χ3v) is 4.36. The number of nitrogens with two attached hydrogens (primary N) is 4. The summed E-state index contributed by atoms with van der Waals surface area (Å²) in [6.45, 7) is 11.7. The zero-order valence-electron chi connectivity index (χ0n) is 17.4. The average Bonchev–Trinajstić information content (AvgIpc) is 3.04. The lowest BCUT2D eigenvalue weighted by Crippen LogP contribution is -2.22. The van der Waals surface area contributed by atoms with Gasteiger partial charge < -0.3 is 22.9 Å². The smallest absolute Gasteiger partial charge is 0.351 e. The Morgan fingerprint density at radius 2 is 1.21 bits per heavy atom. The van der Waals surface area contributed by atoms with Crippen LogP contribution in [-0.2, 0) is 10.8 Å². The molecule has 29 heavy (non-hydrogen) atoms. The summed E-state index contributed by atoms with van der Waals surface area (Å²) in [5.74, 6) is 0.257. The van der Waals surface area contributed by atoms with Gasteiger partial charge in [0.25, 0.3) is 5.95 Å². The van der Waals surface area contributed by atoms with Crippen molar-refractivity contribution < 1.29 is 0 Å². The van der Waals surface area contributed by atoms with Gasteiger partial charge in [0.2, 0.25) is 5.95 Å². The summed E-state index contributed by atoms with van der Waals surface area (Å²) in [5, 5.41) is 8.85. The van der Waals surface area contributed by atoms with Crippen molar-refractivity contribution in [3.63, 3.8) is 0 Å². The van der Waals surface area contributed by atoms with E-state index in [-0.39, 0.29) is 34.4 Å². The molecule has 0 aliphatic carbocycles. The molecule has 0 spiro atoms. The number of aromatic amines is 1. The maximum absolute atomic E-state index is 12.2. The predicted molar refractivity (Wildman–Crippen MR) is 112 cm³/mol. The Hall–Kier alpha value is -3.57. The summed E-state index contributed by atoms with van der Waals surface area (Å²) in [5.41, 5.74) is 24.8. The van der Waals surface area contributed by atoms with Crippen molar-refractivity contribution in [2.75, 3.05) is 22.9 Å². The summed E-state index contributed by atoms with van der Waals surface area (Å²) in [6, 6.07) is 0. The first kappa shape index (κ1) is 20.2. The average molecular weight is 401 g/mol. The van der Waals surface area contributed by atoms with E-state index in [0.717, 1.165) is 0 Å². The maximum Gasteiger partial charge on any atom is 0.351 e. The predicted octanol–water partition coefficient (Wildman–Crippen LogP) is 0.460. The summed E-state index contributed by atoms with van der Waals surface area (Å²) < 4.78 is 2.48. The normalized spacial score (nSPS) is 12.5. The van der Waals surface area contributed by atoms with Crippen LogP contribution in [0, 0.1) is 0 Å². The van der Waals surface area contributed by atoms with Crippen molar-refractivity contribution >= 4 is 23.0 Å². The van der Waals surface area contributed by atoms with Crippen LogP contribution in [-0.4, -0.2) is 34.5 Å². The molecule has 0 amide bonds. The van der Waals surface area contributed by atoms with Gasteiger partial charge in [-0.3, -0.25) is 4.98 Å². The van der Waals surface area contributed by atoms with E-state index >= 15 is 0 Å². The third-order valence-electron chi connectivity index (χ3n) is 4.36. The largest absolute Gasteiger partial charge is 0.394 e. The second-order valence-corrected chi connectivity index (χ2v) is 8.90. The van der Waals surface area contributed by atoms with Crippen LogP contribution in [0.1, 0.15) is 52.9 Å². The molecule has 12 nitrogen and oxygen atoms in total. The number of H-pyrrole nitrogens is 1. The van der Waals surface area contributed by atoms with Crippen LogP contribution in [0.3, 0.4) is 0 Å². The van der Waals surface area contributed by atoms with Gasteiger partial charge in [-0.15, -0.1) is 0 Å². The first-order valence-electron chi connectivity index (χ1n) is 8.99. The van der Waals surface area contributed by atoms with Crippen LogP contribution in [0.25, 0.3) is 11.9 Å². The molecule has 0 aromatic carbocycles. The van der Waals surface area contributed by atoms with E-state index in [0.29, 0.717) is 22.8 Å². The number of anilines is 4. The van der Waals surface area contributed by atoms with E-state index in [1.165, 1.54) is 9.36 Å². The Bertz CT molecular complexity index is 1050. The summed E-state index contributed by atoms with van der Waals surface area (Å²) in [4.78, 5) is 22.9. The molecule has 0 unspecified atom stereocenters. The zero-order chi connectivity index (χ0) is 21.9. The Morgan fingerprint density at radius 1 is 0.759 bits per heavy atom. The first-order chi connectivity index (χ1) is 13.2. The highest BCUT2D eigenvalue weighted by Gasteiger charge is 2.28. The molecule has 0 saturated heterocycles. The highest BCUT2D eigenvalue weighted by atomic mass is 16.1. The van der Waals surface area contributed by atoms with Crippen molar-refractivity contribution in [3.8, 4) is 11.9 Å². The van der Waals surface area contributed by atoms with Crippen molar-refractivity contribution in [3.05, 3.63) is 21.9 Å². The first-order valence-corrected chi connectivity index (χ1v) is 8.99. The van der Waals surface area contributed by atoms with Gasteiger partial charge in [-0.1, -0.05) is 41.5 Å². The fourth-order valence-corrected chi connectivity index (χ4v) is 2.87. The minimum atomic E-state index is -0.679. The van der Waals surface area contributed by atoms with Crippen LogP contribution in [0.5, 0.6) is 0 Å². The molecule has 156 valence electrons. The molecule has 0 fully saturated rings. The monoisotopic (exact) mass is 401 g/mol.